The van der Waals surface area contributed by atoms with Crippen LogP contribution in [0.1, 0.15) is 18.4 Å². The summed E-state index contributed by atoms with van der Waals surface area (Å²) in [6.45, 7) is 2.61. The lowest BCUT2D eigenvalue weighted by atomic mass is 10.1. The zero-order valence-corrected chi connectivity index (χ0v) is 12.5. The molecular formula is C16H19N3O3. The first kappa shape index (κ1) is 14.6. The Morgan fingerprint density at radius 2 is 2.41 bits per heavy atom. The maximum atomic E-state index is 12.4. The monoisotopic (exact) mass is 301 g/mol. The molecule has 1 aromatic carbocycles. The number of carbonyl (C=O) groups is 1. The number of urea groups is 1. The van der Waals surface area contributed by atoms with E-state index in [1.807, 2.05) is 25.1 Å². The van der Waals surface area contributed by atoms with Crippen molar-refractivity contribution in [1.82, 2.24) is 9.88 Å². The van der Waals surface area contributed by atoms with E-state index in [2.05, 4.69) is 10.3 Å². The molecule has 2 aromatic rings. The molecule has 1 saturated heterocycles. The molecule has 6 heteroatoms. The first-order chi connectivity index (χ1) is 10.7. The Labute approximate surface area is 128 Å². The Balaban J connectivity index is 1.80. The normalized spacial score (nSPS) is 17.7. The van der Waals surface area contributed by atoms with Gasteiger partial charge in [-0.2, -0.15) is 0 Å². The summed E-state index contributed by atoms with van der Waals surface area (Å²) in [6, 6.07) is 5.41. The predicted octanol–water partition coefficient (Wildman–Crippen LogP) is 2.64. The van der Waals surface area contributed by atoms with Gasteiger partial charge in [0.25, 0.3) is 0 Å². The minimum absolute atomic E-state index is 0.00274. The van der Waals surface area contributed by atoms with Crippen LogP contribution in [0.5, 0.6) is 0 Å². The van der Waals surface area contributed by atoms with Crippen molar-refractivity contribution in [2.75, 3.05) is 18.5 Å². The summed E-state index contributed by atoms with van der Waals surface area (Å²) >= 11 is 0. The summed E-state index contributed by atoms with van der Waals surface area (Å²) in [6.07, 6.45) is 4.88. The second kappa shape index (κ2) is 6.19. The van der Waals surface area contributed by atoms with Crippen LogP contribution in [0.25, 0.3) is 11.5 Å². The summed E-state index contributed by atoms with van der Waals surface area (Å²) in [7, 11) is 0. The number of carbonyl (C=O) groups excluding carboxylic acids is 1. The van der Waals surface area contributed by atoms with E-state index in [1.165, 1.54) is 6.26 Å². The third-order valence-electron chi connectivity index (χ3n) is 4.01. The number of aliphatic hydroxyl groups is 1. The fraction of sp³-hybridized carbons (Fsp3) is 0.375. The summed E-state index contributed by atoms with van der Waals surface area (Å²) in [5.41, 5.74) is 2.50. The number of oxazole rings is 1. The summed E-state index contributed by atoms with van der Waals surface area (Å²) in [4.78, 5) is 18.2. The van der Waals surface area contributed by atoms with Gasteiger partial charge < -0.3 is 19.7 Å². The summed E-state index contributed by atoms with van der Waals surface area (Å²) in [5, 5.41) is 12.3. The zero-order chi connectivity index (χ0) is 15.5. The second-order valence-electron chi connectivity index (χ2n) is 5.47. The first-order valence-electron chi connectivity index (χ1n) is 7.38. The van der Waals surface area contributed by atoms with Crippen molar-refractivity contribution >= 4 is 11.7 Å². The minimum atomic E-state index is -0.177. The van der Waals surface area contributed by atoms with E-state index >= 15 is 0 Å². The Hall–Kier alpha value is -2.34. The highest BCUT2D eigenvalue weighted by atomic mass is 16.3. The van der Waals surface area contributed by atoms with Crippen LogP contribution in [-0.4, -0.2) is 40.2 Å². The average molecular weight is 301 g/mol. The third kappa shape index (κ3) is 2.82. The van der Waals surface area contributed by atoms with E-state index in [1.54, 1.807) is 11.1 Å². The van der Waals surface area contributed by atoms with Gasteiger partial charge in [0, 0.05) is 17.8 Å². The summed E-state index contributed by atoms with van der Waals surface area (Å²) < 4.78 is 5.29. The number of benzene rings is 1. The highest BCUT2D eigenvalue weighted by molar-refractivity contribution is 5.91. The molecule has 1 atom stereocenters. The van der Waals surface area contributed by atoms with Crippen molar-refractivity contribution < 1.29 is 14.3 Å². The lowest BCUT2D eigenvalue weighted by Crippen LogP contribution is -2.40. The van der Waals surface area contributed by atoms with Crippen molar-refractivity contribution in [2.24, 2.45) is 0 Å². The van der Waals surface area contributed by atoms with Gasteiger partial charge in [-0.15, -0.1) is 0 Å². The lowest BCUT2D eigenvalue weighted by molar-refractivity contribution is 0.166. The van der Waals surface area contributed by atoms with E-state index in [9.17, 15) is 9.90 Å². The molecule has 3 rings (SSSR count). The largest absolute Gasteiger partial charge is 0.445 e. The van der Waals surface area contributed by atoms with Crippen molar-refractivity contribution in [1.29, 1.82) is 0 Å². The van der Waals surface area contributed by atoms with Crippen LogP contribution < -0.4 is 5.32 Å². The topological polar surface area (TPSA) is 78.6 Å². The molecule has 0 bridgehead atoms. The molecular weight excluding hydrogens is 282 g/mol. The molecule has 0 radical (unpaired) electrons. The van der Waals surface area contributed by atoms with Crippen molar-refractivity contribution in [3.63, 3.8) is 0 Å². The molecule has 0 aliphatic carbocycles. The molecule has 1 aliphatic heterocycles. The first-order valence-corrected chi connectivity index (χ1v) is 7.38. The number of aromatic nitrogens is 1. The van der Waals surface area contributed by atoms with Gasteiger partial charge in [-0.25, -0.2) is 9.78 Å². The number of anilines is 1. The number of likely N-dealkylation sites (tertiary alicyclic amines) is 1. The SMILES string of the molecule is Cc1ccc(-c2ncco2)cc1NC(=O)N1CCC[C@H]1CO. The van der Waals surface area contributed by atoms with Gasteiger partial charge >= 0.3 is 6.03 Å². The number of nitrogens with zero attached hydrogens (tertiary/aromatic N) is 2. The van der Waals surface area contributed by atoms with E-state index < -0.39 is 0 Å². The van der Waals surface area contributed by atoms with E-state index in [0.717, 1.165) is 29.7 Å². The van der Waals surface area contributed by atoms with Crippen LogP contribution in [0, 0.1) is 6.92 Å². The molecule has 22 heavy (non-hydrogen) atoms. The lowest BCUT2D eigenvalue weighted by Gasteiger charge is -2.23. The Morgan fingerprint density at radius 3 is 3.14 bits per heavy atom. The van der Waals surface area contributed by atoms with Crippen LogP contribution in [0.3, 0.4) is 0 Å². The fourth-order valence-corrected chi connectivity index (χ4v) is 2.74. The van der Waals surface area contributed by atoms with Crippen molar-refractivity contribution in [3.05, 3.63) is 36.2 Å². The number of aliphatic hydroxyl groups excluding tert-OH is 1. The smallest absolute Gasteiger partial charge is 0.322 e. The highest BCUT2D eigenvalue weighted by Gasteiger charge is 2.28. The van der Waals surface area contributed by atoms with Gasteiger partial charge in [0.15, 0.2) is 0 Å². The second-order valence-corrected chi connectivity index (χ2v) is 5.47. The number of aryl methyl sites for hydroxylation is 1. The molecule has 2 N–H and O–H groups in total. The molecule has 6 nitrogen and oxygen atoms in total. The molecule has 0 saturated carbocycles. The maximum Gasteiger partial charge on any atom is 0.322 e. The molecule has 116 valence electrons. The van der Waals surface area contributed by atoms with Gasteiger partial charge in [-0.1, -0.05) is 6.07 Å². The van der Waals surface area contributed by atoms with E-state index in [0.29, 0.717) is 12.4 Å². The number of nitrogens with one attached hydrogen (secondary N) is 1. The quantitative estimate of drug-likeness (QED) is 0.913. The Kier molecular flexibility index (Phi) is 4.11. The Bertz CT molecular complexity index is 655. The standard InChI is InChI=1S/C16H19N3O3/c1-11-4-5-12(15-17-6-8-22-15)9-14(11)18-16(21)19-7-2-3-13(19)10-20/h4-6,8-9,13,20H,2-3,7,10H2,1H3,(H,18,21)/t13-/m0/s1. The number of hydrogen-bond acceptors (Lipinski definition) is 4. The van der Waals surface area contributed by atoms with Gasteiger partial charge in [0.2, 0.25) is 5.89 Å². The van der Waals surface area contributed by atoms with Crippen molar-refractivity contribution in [3.8, 4) is 11.5 Å². The predicted molar refractivity (Wildman–Crippen MR) is 82.5 cm³/mol. The summed E-state index contributed by atoms with van der Waals surface area (Å²) in [5.74, 6) is 0.518. The van der Waals surface area contributed by atoms with Crippen LogP contribution in [-0.2, 0) is 0 Å². The molecule has 0 spiro atoms. The van der Waals surface area contributed by atoms with Crippen LogP contribution in [0.4, 0.5) is 10.5 Å². The van der Waals surface area contributed by atoms with Crippen LogP contribution >= 0.6 is 0 Å². The zero-order valence-electron chi connectivity index (χ0n) is 12.5. The van der Waals surface area contributed by atoms with Crippen LogP contribution in [0.2, 0.25) is 0 Å². The molecule has 2 amide bonds. The highest BCUT2D eigenvalue weighted by Crippen LogP contribution is 2.25. The van der Waals surface area contributed by atoms with Gasteiger partial charge in [-0.05, 0) is 37.5 Å². The average Bonchev–Trinajstić information content (AvgIpc) is 3.20. The van der Waals surface area contributed by atoms with Gasteiger partial charge in [-0.3, -0.25) is 0 Å². The van der Waals surface area contributed by atoms with Crippen LogP contribution in [0.15, 0.2) is 35.1 Å². The fourth-order valence-electron chi connectivity index (χ4n) is 2.74. The number of rotatable bonds is 3. The molecule has 1 aromatic heterocycles. The maximum absolute atomic E-state index is 12.4. The molecule has 2 heterocycles. The molecule has 0 unspecified atom stereocenters. The molecule has 1 aliphatic rings. The Morgan fingerprint density at radius 1 is 1.55 bits per heavy atom. The molecule has 1 fully saturated rings. The van der Waals surface area contributed by atoms with Gasteiger partial charge in [0.1, 0.15) is 6.26 Å². The minimum Gasteiger partial charge on any atom is -0.445 e. The number of amides is 2. The van der Waals surface area contributed by atoms with E-state index in [-0.39, 0.29) is 18.7 Å². The third-order valence-corrected chi connectivity index (χ3v) is 4.01. The van der Waals surface area contributed by atoms with Gasteiger partial charge in [0.05, 0.1) is 18.8 Å². The number of hydrogen-bond donors (Lipinski definition) is 2. The van der Waals surface area contributed by atoms with E-state index in [4.69, 9.17) is 4.42 Å². The van der Waals surface area contributed by atoms with Crippen molar-refractivity contribution in [2.45, 2.75) is 25.8 Å².